The Morgan fingerprint density at radius 2 is 1.84 bits per heavy atom. The number of phenols is 1. The molecule has 7 nitrogen and oxygen atoms in total. The molecule has 0 aromatic heterocycles. The van der Waals surface area contributed by atoms with E-state index >= 15 is 0 Å². The van der Waals surface area contributed by atoms with E-state index in [-0.39, 0.29) is 12.4 Å². The number of ether oxygens (including phenoxy) is 1. The van der Waals surface area contributed by atoms with Crippen molar-refractivity contribution in [2.75, 3.05) is 30.7 Å². The van der Waals surface area contributed by atoms with E-state index in [0.29, 0.717) is 31.1 Å². The molecular weight excluding hydrogens is 488 g/mol. The van der Waals surface area contributed by atoms with Gasteiger partial charge >= 0.3 is 0 Å². The zero-order chi connectivity index (χ0) is 27.8. The summed E-state index contributed by atoms with van der Waals surface area (Å²) in [6, 6.07) is 13.6. The molecule has 0 saturated heterocycles. The number of allylic oxidation sites excluding steroid dienone is 4. The van der Waals surface area contributed by atoms with Crippen LogP contribution < -0.4 is 9.46 Å². The Labute approximate surface area is 222 Å². The number of nitrogens with zero attached hydrogens (tertiary/aromatic N) is 1. The van der Waals surface area contributed by atoms with Gasteiger partial charge in [-0.15, -0.1) is 0 Å². The number of sulfonamides is 1. The highest BCUT2D eigenvalue weighted by Crippen LogP contribution is 2.18. The highest BCUT2D eigenvalue weighted by atomic mass is 32.2. The molecule has 3 N–H and O–H groups in total. The Bertz CT molecular complexity index is 1130. The second-order valence-electron chi connectivity index (χ2n) is 8.56. The Morgan fingerprint density at radius 3 is 2.41 bits per heavy atom. The van der Waals surface area contributed by atoms with Crippen molar-refractivity contribution in [2.24, 2.45) is 0 Å². The van der Waals surface area contributed by atoms with E-state index in [1.54, 1.807) is 42.5 Å². The topological polar surface area (TPSA) is 99.1 Å². The van der Waals surface area contributed by atoms with Gasteiger partial charge in [-0.25, -0.2) is 8.42 Å². The highest BCUT2D eigenvalue weighted by molar-refractivity contribution is 7.92. The SMILES string of the molecule is C=C(C)/C=C\C(=C/C)CCN(Cc1cccc(O)c1)CC(O)COc1ccc(NS(C)(=O)=O)cc1.CC. The maximum Gasteiger partial charge on any atom is 0.229 e. The van der Waals surface area contributed by atoms with E-state index in [4.69, 9.17) is 4.74 Å². The molecule has 2 aromatic carbocycles. The van der Waals surface area contributed by atoms with Crippen LogP contribution in [0, 0.1) is 0 Å². The lowest BCUT2D eigenvalue weighted by Gasteiger charge is -2.25. The summed E-state index contributed by atoms with van der Waals surface area (Å²) in [7, 11) is -3.34. The molecule has 2 rings (SSSR count). The standard InChI is InChI=1S/C27H36N2O5S.C2H6/c1-5-22(10-9-21(2)3)15-16-29(18-23-7-6-8-25(30)17-23)19-26(31)20-34-27-13-11-24(12-14-27)28-35(4,32)33;1-2/h5-14,17,26,28,30-31H,2,15-16,18-20H2,1,3-4H3;1-2H3/b10-9-,22-5+;. The number of anilines is 1. The van der Waals surface area contributed by atoms with Gasteiger partial charge in [0, 0.05) is 25.3 Å². The summed E-state index contributed by atoms with van der Waals surface area (Å²) in [5, 5.41) is 20.5. The second-order valence-corrected chi connectivity index (χ2v) is 10.3. The molecule has 0 bridgehead atoms. The van der Waals surface area contributed by atoms with Gasteiger partial charge in [-0.1, -0.05) is 61.9 Å². The number of aliphatic hydroxyl groups excluding tert-OH is 1. The molecule has 1 unspecified atom stereocenters. The number of aromatic hydroxyl groups is 1. The Hall–Kier alpha value is -3.07. The predicted molar refractivity (Wildman–Crippen MR) is 153 cm³/mol. The van der Waals surface area contributed by atoms with Crippen LogP contribution in [-0.4, -0.2) is 55.6 Å². The summed E-state index contributed by atoms with van der Waals surface area (Å²) >= 11 is 0. The average molecular weight is 531 g/mol. The Morgan fingerprint density at radius 1 is 1.16 bits per heavy atom. The third kappa shape index (κ3) is 14.3. The van der Waals surface area contributed by atoms with Crippen LogP contribution in [0.15, 0.2) is 84.5 Å². The minimum Gasteiger partial charge on any atom is -0.508 e. The van der Waals surface area contributed by atoms with Gasteiger partial charge in [-0.3, -0.25) is 9.62 Å². The van der Waals surface area contributed by atoms with Crippen LogP contribution in [0.25, 0.3) is 0 Å². The van der Waals surface area contributed by atoms with Crippen LogP contribution >= 0.6 is 0 Å². The maximum atomic E-state index is 11.3. The molecule has 204 valence electrons. The molecule has 0 aliphatic carbocycles. The van der Waals surface area contributed by atoms with Crippen molar-refractivity contribution in [3.63, 3.8) is 0 Å². The van der Waals surface area contributed by atoms with Crippen LogP contribution in [0.4, 0.5) is 5.69 Å². The van der Waals surface area contributed by atoms with E-state index in [1.165, 1.54) is 5.57 Å². The lowest BCUT2D eigenvalue weighted by molar-refractivity contribution is 0.0660. The third-order valence-corrected chi connectivity index (χ3v) is 5.66. The number of phenolic OH excluding ortho intramolecular Hbond substituents is 1. The fourth-order valence-corrected chi connectivity index (χ4v) is 3.95. The molecule has 0 aliphatic heterocycles. The van der Waals surface area contributed by atoms with Gasteiger partial charge in [-0.2, -0.15) is 0 Å². The summed E-state index contributed by atoms with van der Waals surface area (Å²) in [6.45, 7) is 13.6. The molecule has 0 saturated carbocycles. The van der Waals surface area contributed by atoms with Crippen molar-refractivity contribution < 1.29 is 23.4 Å². The Kier molecular flexibility index (Phi) is 14.4. The van der Waals surface area contributed by atoms with Gasteiger partial charge in [0.25, 0.3) is 0 Å². The minimum atomic E-state index is -3.34. The molecule has 0 heterocycles. The van der Waals surface area contributed by atoms with Crippen molar-refractivity contribution in [3.05, 3.63) is 90.0 Å². The van der Waals surface area contributed by atoms with Crippen LogP contribution in [-0.2, 0) is 16.6 Å². The summed E-state index contributed by atoms with van der Waals surface area (Å²) in [5.74, 6) is 0.738. The second kappa shape index (κ2) is 16.6. The number of hydrogen-bond acceptors (Lipinski definition) is 6. The summed E-state index contributed by atoms with van der Waals surface area (Å²) < 4.78 is 30.8. The lowest BCUT2D eigenvalue weighted by Crippen LogP contribution is -2.36. The highest BCUT2D eigenvalue weighted by Gasteiger charge is 2.14. The maximum absolute atomic E-state index is 11.3. The Balaban J connectivity index is 0.00000334. The molecule has 1 atom stereocenters. The zero-order valence-corrected chi connectivity index (χ0v) is 23.5. The number of nitrogens with one attached hydrogen (secondary N) is 1. The average Bonchev–Trinajstić information content (AvgIpc) is 2.84. The van der Waals surface area contributed by atoms with E-state index in [0.717, 1.165) is 23.8 Å². The van der Waals surface area contributed by atoms with Gasteiger partial charge < -0.3 is 14.9 Å². The van der Waals surface area contributed by atoms with Crippen molar-refractivity contribution in [2.45, 2.75) is 46.8 Å². The molecule has 2 aromatic rings. The van der Waals surface area contributed by atoms with E-state index in [9.17, 15) is 18.6 Å². The van der Waals surface area contributed by atoms with Gasteiger partial charge in [0.15, 0.2) is 0 Å². The van der Waals surface area contributed by atoms with Crippen LogP contribution in [0.2, 0.25) is 0 Å². The molecule has 0 fully saturated rings. The minimum absolute atomic E-state index is 0.0847. The van der Waals surface area contributed by atoms with E-state index in [2.05, 4.69) is 28.4 Å². The quantitative estimate of drug-likeness (QED) is 0.279. The number of rotatable bonds is 14. The molecular formula is C29H42N2O5S. The molecule has 0 spiro atoms. The lowest BCUT2D eigenvalue weighted by atomic mass is 10.1. The fourth-order valence-electron chi connectivity index (χ4n) is 3.38. The van der Waals surface area contributed by atoms with Crippen molar-refractivity contribution in [3.8, 4) is 11.5 Å². The predicted octanol–water partition coefficient (Wildman–Crippen LogP) is 5.50. The molecule has 0 radical (unpaired) electrons. The van der Waals surface area contributed by atoms with Gasteiger partial charge in [-0.05, 0) is 62.2 Å². The smallest absolute Gasteiger partial charge is 0.229 e. The van der Waals surface area contributed by atoms with Crippen LogP contribution in [0.3, 0.4) is 0 Å². The third-order valence-electron chi connectivity index (χ3n) is 5.06. The molecule has 0 amide bonds. The van der Waals surface area contributed by atoms with E-state index in [1.807, 2.05) is 39.8 Å². The van der Waals surface area contributed by atoms with Crippen LogP contribution in [0.5, 0.6) is 11.5 Å². The zero-order valence-electron chi connectivity index (χ0n) is 22.6. The summed E-state index contributed by atoms with van der Waals surface area (Å²) in [6.07, 6.45) is 7.23. The number of benzene rings is 2. The van der Waals surface area contributed by atoms with Crippen molar-refractivity contribution in [1.29, 1.82) is 0 Å². The number of hydrogen-bond donors (Lipinski definition) is 3. The van der Waals surface area contributed by atoms with Gasteiger partial charge in [0.05, 0.1) is 6.26 Å². The normalized spacial score (nSPS) is 12.7. The molecule has 8 heteroatoms. The summed E-state index contributed by atoms with van der Waals surface area (Å²) in [5.41, 5.74) is 3.54. The summed E-state index contributed by atoms with van der Waals surface area (Å²) in [4.78, 5) is 2.13. The largest absolute Gasteiger partial charge is 0.508 e. The van der Waals surface area contributed by atoms with Crippen molar-refractivity contribution in [1.82, 2.24) is 4.90 Å². The van der Waals surface area contributed by atoms with E-state index < -0.39 is 16.1 Å². The van der Waals surface area contributed by atoms with Gasteiger partial charge in [0.1, 0.15) is 24.2 Å². The first-order valence-corrected chi connectivity index (χ1v) is 14.3. The molecule has 37 heavy (non-hydrogen) atoms. The van der Waals surface area contributed by atoms with Crippen molar-refractivity contribution >= 4 is 15.7 Å². The first-order chi connectivity index (χ1) is 17.5. The first-order valence-electron chi connectivity index (χ1n) is 12.4. The molecule has 0 aliphatic rings. The van der Waals surface area contributed by atoms with Gasteiger partial charge in [0.2, 0.25) is 10.0 Å². The monoisotopic (exact) mass is 530 g/mol. The van der Waals surface area contributed by atoms with Crippen LogP contribution in [0.1, 0.15) is 39.7 Å². The number of aliphatic hydroxyl groups is 1. The fraction of sp³-hybridized carbons (Fsp3) is 0.379. The first kappa shape index (κ1) is 32.0.